The lowest BCUT2D eigenvalue weighted by molar-refractivity contribution is 1.22. The largest absolute Gasteiger partial charge is 0.258 e. The first-order chi connectivity index (χ1) is 7.25. The van der Waals surface area contributed by atoms with E-state index in [0.29, 0.717) is 10.0 Å². The molecule has 75 valence electrons. The van der Waals surface area contributed by atoms with Gasteiger partial charge in [-0.15, -0.1) is 0 Å². The highest BCUT2D eigenvalue weighted by Gasteiger charge is 2.04. The molecule has 0 aliphatic carbocycles. The van der Waals surface area contributed by atoms with Gasteiger partial charge < -0.3 is 0 Å². The Hall–Kier alpha value is -1.05. The molecule has 0 bridgehead atoms. The molecular weight excluding hydrogens is 229 g/mol. The summed E-state index contributed by atoms with van der Waals surface area (Å²) in [5.41, 5.74) is 1.79. The van der Waals surface area contributed by atoms with Crippen LogP contribution in [0.25, 0.3) is 0 Å². The quantitative estimate of drug-likeness (QED) is 0.769. The van der Waals surface area contributed by atoms with Gasteiger partial charge in [0.1, 0.15) is 0 Å². The molecule has 1 nitrogen and oxygen atoms in total. The normalized spacial score (nSPS) is 10.3. The number of halogens is 2. The molecule has 1 aromatic carbocycles. The molecule has 0 unspecified atom stereocenters. The summed E-state index contributed by atoms with van der Waals surface area (Å²) in [7, 11) is 0. The predicted octanol–water partition coefficient (Wildman–Crippen LogP) is 3.99. The minimum Gasteiger partial charge on any atom is -0.258 e. The van der Waals surface area contributed by atoms with Gasteiger partial charge in [-0.2, -0.15) is 0 Å². The van der Waals surface area contributed by atoms with Crippen LogP contribution in [0.2, 0.25) is 10.0 Å². The van der Waals surface area contributed by atoms with Crippen LogP contribution in [-0.2, 0) is 0 Å². The first kappa shape index (κ1) is 10.5. The Balaban J connectivity index is 2.25. The van der Waals surface area contributed by atoms with Crippen molar-refractivity contribution in [1.29, 1.82) is 0 Å². The zero-order chi connectivity index (χ0) is 10.7. The van der Waals surface area contributed by atoms with Crippen LogP contribution >= 0.6 is 23.2 Å². The number of pyridine rings is 1. The van der Waals surface area contributed by atoms with Crippen molar-refractivity contribution in [2.24, 2.45) is 0 Å². The van der Waals surface area contributed by atoms with E-state index >= 15 is 0 Å². The van der Waals surface area contributed by atoms with Crippen LogP contribution in [0.5, 0.6) is 0 Å². The molecule has 2 rings (SSSR count). The van der Waals surface area contributed by atoms with E-state index in [1.807, 2.05) is 36.8 Å². The van der Waals surface area contributed by atoms with Gasteiger partial charge in [-0.25, -0.2) is 0 Å². The molecule has 1 aromatic heterocycles. The molecule has 1 radical (unpaired) electrons. The molecule has 3 heteroatoms. The molecule has 0 saturated heterocycles. The Labute approximate surface area is 98.7 Å². The van der Waals surface area contributed by atoms with E-state index in [1.165, 1.54) is 0 Å². The van der Waals surface area contributed by atoms with Crippen molar-refractivity contribution in [1.82, 2.24) is 4.98 Å². The van der Waals surface area contributed by atoms with Crippen molar-refractivity contribution >= 4 is 23.2 Å². The molecule has 15 heavy (non-hydrogen) atoms. The van der Waals surface area contributed by atoms with Crippen LogP contribution in [0, 0.1) is 6.42 Å². The molecule has 0 N–H and O–H groups in total. The average molecular weight is 237 g/mol. The molecule has 0 spiro atoms. The summed E-state index contributed by atoms with van der Waals surface area (Å²) in [6.45, 7) is 0. The lowest BCUT2D eigenvalue weighted by atomic mass is 10.1. The van der Waals surface area contributed by atoms with Crippen molar-refractivity contribution in [2.75, 3.05) is 0 Å². The van der Waals surface area contributed by atoms with Gasteiger partial charge in [0.2, 0.25) is 0 Å². The Bertz CT molecular complexity index is 454. The summed E-state index contributed by atoms with van der Waals surface area (Å²) < 4.78 is 0. The van der Waals surface area contributed by atoms with Gasteiger partial charge in [0.25, 0.3) is 0 Å². The third-order valence-electron chi connectivity index (χ3n) is 1.94. The molecule has 0 aliphatic heterocycles. The number of aromatic nitrogens is 1. The Morgan fingerprint density at radius 1 is 1.07 bits per heavy atom. The lowest BCUT2D eigenvalue weighted by Crippen LogP contribution is -1.90. The molecule has 0 aliphatic rings. The number of hydrogen-bond acceptors (Lipinski definition) is 1. The smallest absolute Gasteiger partial charge is 0.0675 e. The van der Waals surface area contributed by atoms with Crippen molar-refractivity contribution in [3.05, 3.63) is 70.3 Å². The van der Waals surface area contributed by atoms with E-state index in [0.717, 1.165) is 11.3 Å². The Morgan fingerprint density at radius 3 is 2.47 bits per heavy atom. The first-order valence-electron chi connectivity index (χ1n) is 4.46. The van der Waals surface area contributed by atoms with Gasteiger partial charge in [0.15, 0.2) is 0 Å². The highest BCUT2D eigenvalue weighted by Crippen LogP contribution is 2.21. The molecule has 0 fully saturated rings. The third-order valence-corrected chi connectivity index (χ3v) is 2.45. The Morgan fingerprint density at radius 2 is 1.80 bits per heavy atom. The fourth-order valence-corrected chi connectivity index (χ4v) is 1.67. The maximum Gasteiger partial charge on any atom is 0.0675 e. The zero-order valence-corrected chi connectivity index (χ0v) is 9.33. The molecule has 0 amide bonds. The highest BCUT2D eigenvalue weighted by atomic mass is 35.5. The topological polar surface area (TPSA) is 12.9 Å². The van der Waals surface area contributed by atoms with E-state index in [1.54, 1.807) is 12.3 Å². The van der Waals surface area contributed by atoms with Crippen LogP contribution in [0.15, 0.2) is 42.6 Å². The average Bonchev–Trinajstić information content (AvgIpc) is 2.24. The molecular formula is C12H8Cl2N. The number of hydrogen-bond donors (Lipinski definition) is 0. The monoisotopic (exact) mass is 236 g/mol. The van der Waals surface area contributed by atoms with E-state index in [4.69, 9.17) is 23.2 Å². The van der Waals surface area contributed by atoms with Crippen molar-refractivity contribution in [2.45, 2.75) is 0 Å². The minimum atomic E-state index is 0.546. The number of nitrogens with zero attached hydrogens (tertiary/aromatic N) is 1. The fourth-order valence-electron chi connectivity index (χ4n) is 1.24. The van der Waals surface area contributed by atoms with E-state index in [-0.39, 0.29) is 0 Å². The molecule has 0 saturated carbocycles. The third kappa shape index (κ3) is 2.71. The molecule has 0 atom stereocenters. The molecule has 1 heterocycles. The second-order valence-corrected chi connectivity index (χ2v) is 3.92. The summed E-state index contributed by atoms with van der Waals surface area (Å²) >= 11 is 11.8. The van der Waals surface area contributed by atoms with Crippen LogP contribution < -0.4 is 0 Å². The molecule has 2 aromatic rings. The van der Waals surface area contributed by atoms with E-state index in [2.05, 4.69) is 4.98 Å². The van der Waals surface area contributed by atoms with E-state index in [9.17, 15) is 0 Å². The van der Waals surface area contributed by atoms with Crippen LogP contribution in [0.3, 0.4) is 0 Å². The summed E-state index contributed by atoms with van der Waals surface area (Å²) in [6, 6.07) is 11.6. The zero-order valence-electron chi connectivity index (χ0n) is 7.82. The van der Waals surface area contributed by atoms with Gasteiger partial charge in [-0.05, 0) is 11.6 Å². The van der Waals surface area contributed by atoms with Crippen LogP contribution in [0.4, 0.5) is 0 Å². The Kier molecular flexibility index (Phi) is 3.24. The van der Waals surface area contributed by atoms with Crippen LogP contribution in [-0.4, -0.2) is 4.98 Å². The standard InChI is InChI=1S/C12H8Cl2N/c13-10-7-11(14)12(15-8-10)6-9-4-2-1-3-5-9/h1-8H. The maximum atomic E-state index is 6.00. The van der Waals surface area contributed by atoms with Crippen molar-refractivity contribution in [3.63, 3.8) is 0 Å². The number of benzene rings is 1. The van der Waals surface area contributed by atoms with Gasteiger partial charge >= 0.3 is 0 Å². The second-order valence-electron chi connectivity index (χ2n) is 3.08. The highest BCUT2D eigenvalue weighted by molar-refractivity contribution is 6.34. The summed E-state index contributed by atoms with van der Waals surface area (Å²) in [4.78, 5) is 4.15. The van der Waals surface area contributed by atoms with E-state index < -0.39 is 0 Å². The lowest BCUT2D eigenvalue weighted by Gasteiger charge is -2.02. The van der Waals surface area contributed by atoms with Crippen molar-refractivity contribution in [3.8, 4) is 0 Å². The van der Waals surface area contributed by atoms with Crippen molar-refractivity contribution < 1.29 is 0 Å². The SMILES string of the molecule is Clc1cnc([CH]c2ccccc2)c(Cl)c1. The van der Waals surface area contributed by atoms with Gasteiger partial charge in [0.05, 0.1) is 15.7 Å². The summed E-state index contributed by atoms with van der Waals surface area (Å²) in [5, 5.41) is 1.11. The number of rotatable bonds is 2. The van der Waals surface area contributed by atoms with Gasteiger partial charge in [-0.1, -0.05) is 53.5 Å². The predicted molar refractivity (Wildman–Crippen MR) is 63.2 cm³/mol. The fraction of sp³-hybridized carbons (Fsp3) is 0. The summed E-state index contributed by atoms with van der Waals surface area (Å²) in [6.07, 6.45) is 3.50. The minimum absolute atomic E-state index is 0.546. The summed E-state index contributed by atoms with van der Waals surface area (Å²) in [5.74, 6) is 0. The maximum absolute atomic E-state index is 6.00. The van der Waals surface area contributed by atoms with Crippen LogP contribution in [0.1, 0.15) is 11.3 Å². The van der Waals surface area contributed by atoms with Gasteiger partial charge in [-0.3, -0.25) is 4.98 Å². The van der Waals surface area contributed by atoms with Gasteiger partial charge in [0, 0.05) is 12.6 Å². The second kappa shape index (κ2) is 4.65. The first-order valence-corrected chi connectivity index (χ1v) is 5.22.